The molecular weight excluding hydrogens is 356 g/mol. The van der Waals surface area contributed by atoms with Crippen LogP contribution in [0.25, 0.3) is 0 Å². The Labute approximate surface area is 178 Å². The van der Waals surface area contributed by atoms with Gasteiger partial charge in [-0.05, 0) is 117 Å². The quantitative estimate of drug-likeness (QED) is 0.535. The average Bonchev–Trinajstić information content (AvgIpc) is 2.97. The average molecular weight is 401 g/mol. The van der Waals surface area contributed by atoms with Gasteiger partial charge in [0.1, 0.15) is 0 Å². The molecule has 5 aliphatic rings. The van der Waals surface area contributed by atoms with E-state index in [9.17, 15) is 10.2 Å². The van der Waals surface area contributed by atoms with Crippen LogP contribution in [0.5, 0.6) is 0 Å². The summed E-state index contributed by atoms with van der Waals surface area (Å²) in [6, 6.07) is 0. The molecule has 0 aromatic rings. The van der Waals surface area contributed by atoms with Gasteiger partial charge in [0.15, 0.2) is 0 Å². The van der Waals surface area contributed by atoms with E-state index in [2.05, 4.69) is 19.9 Å². The normalized spacial score (nSPS) is 48.1. The van der Waals surface area contributed by atoms with Gasteiger partial charge in [-0.1, -0.05) is 38.3 Å². The fraction of sp³-hybridized carbons (Fsp3) is 0.926. The summed E-state index contributed by atoms with van der Waals surface area (Å²) in [5.41, 5.74) is 2.51. The SMILES string of the molecule is CC12CCC3C(CC=C4CC(O)CC[C@@]43C)C1CC[C@@H]2CCCC(O)C1CCC1. The molecule has 2 N–H and O–H groups in total. The van der Waals surface area contributed by atoms with Gasteiger partial charge in [-0.2, -0.15) is 0 Å². The molecule has 8 atom stereocenters. The maximum absolute atomic E-state index is 10.4. The Kier molecular flexibility index (Phi) is 5.43. The fourth-order valence-electron chi connectivity index (χ4n) is 8.86. The molecule has 0 aliphatic heterocycles. The van der Waals surface area contributed by atoms with Gasteiger partial charge in [0.2, 0.25) is 0 Å². The molecule has 0 saturated heterocycles. The van der Waals surface area contributed by atoms with E-state index >= 15 is 0 Å². The van der Waals surface area contributed by atoms with Crippen molar-refractivity contribution in [2.45, 2.75) is 116 Å². The molecule has 0 radical (unpaired) electrons. The molecule has 5 aliphatic carbocycles. The first kappa shape index (κ1) is 20.6. The molecule has 0 spiro atoms. The minimum atomic E-state index is -0.0918. The van der Waals surface area contributed by atoms with Gasteiger partial charge in [0.25, 0.3) is 0 Å². The summed E-state index contributed by atoms with van der Waals surface area (Å²) < 4.78 is 0. The minimum Gasteiger partial charge on any atom is -0.393 e. The molecule has 0 aromatic carbocycles. The lowest BCUT2D eigenvalue weighted by Crippen LogP contribution is -2.50. The zero-order chi connectivity index (χ0) is 20.2. The summed E-state index contributed by atoms with van der Waals surface area (Å²) in [5, 5.41) is 20.6. The molecule has 4 saturated carbocycles. The standard InChI is InChI=1S/C27H44O2/c1-26-16-14-24-22(11-9-20-17-21(28)13-15-27(20,24)2)23(26)12-10-19(26)7-4-8-25(29)18-5-3-6-18/h9,18-19,21-25,28-29H,3-8,10-17H2,1-2H3/t19-,21?,22?,23?,24?,25?,26?,27-/m0/s1. The van der Waals surface area contributed by atoms with Crippen LogP contribution in [0.15, 0.2) is 11.6 Å². The van der Waals surface area contributed by atoms with E-state index in [1.54, 1.807) is 5.57 Å². The van der Waals surface area contributed by atoms with Crippen molar-refractivity contribution in [3.05, 3.63) is 11.6 Å². The van der Waals surface area contributed by atoms with Gasteiger partial charge in [0.05, 0.1) is 12.2 Å². The smallest absolute Gasteiger partial charge is 0.0577 e. The van der Waals surface area contributed by atoms with Crippen LogP contribution >= 0.6 is 0 Å². The topological polar surface area (TPSA) is 40.5 Å². The van der Waals surface area contributed by atoms with E-state index in [-0.39, 0.29) is 12.2 Å². The van der Waals surface area contributed by atoms with Gasteiger partial charge in [-0.15, -0.1) is 0 Å². The minimum absolute atomic E-state index is 0.0204. The highest BCUT2D eigenvalue weighted by atomic mass is 16.3. The third kappa shape index (κ3) is 3.36. The maximum Gasteiger partial charge on any atom is 0.0577 e. The van der Waals surface area contributed by atoms with Crippen LogP contribution in [0.1, 0.15) is 104 Å². The molecular formula is C27H44O2. The van der Waals surface area contributed by atoms with Crippen molar-refractivity contribution >= 4 is 0 Å². The molecule has 0 heterocycles. The largest absolute Gasteiger partial charge is 0.393 e. The van der Waals surface area contributed by atoms with Crippen molar-refractivity contribution in [3.63, 3.8) is 0 Å². The number of rotatable bonds is 5. The van der Waals surface area contributed by atoms with Gasteiger partial charge in [-0.25, -0.2) is 0 Å². The van der Waals surface area contributed by atoms with Crippen LogP contribution in [0, 0.1) is 40.4 Å². The Morgan fingerprint density at radius 3 is 2.62 bits per heavy atom. The Morgan fingerprint density at radius 2 is 1.86 bits per heavy atom. The van der Waals surface area contributed by atoms with Crippen LogP contribution < -0.4 is 0 Å². The second-order valence-corrected chi connectivity index (χ2v) is 12.2. The molecule has 29 heavy (non-hydrogen) atoms. The van der Waals surface area contributed by atoms with Crippen LogP contribution in [0.3, 0.4) is 0 Å². The molecule has 0 aromatic heterocycles. The van der Waals surface area contributed by atoms with E-state index in [1.807, 2.05) is 0 Å². The Morgan fingerprint density at radius 1 is 1.03 bits per heavy atom. The van der Waals surface area contributed by atoms with Crippen LogP contribution in [-0.4, -0.2) is 22.4 Å². The molecule has 5 rings (SSSR count). The first-order valence-electron chi connectivity index (χ1n) is 13.0. The van der Waals surface area contributed by atoms with Crippen molar-refractivity contribution in [2.24, 2.45) is 40.4 Å². The van der Waals surface area contributed by atoms with Crippen molar-refractivity contribution in [1.82, 2.24) is 0 Å². The number of allylic oxidation sites excluding steroid dienone is 1. The second-order valence-electron chi connectivity index (χ2n) is 12.2. The van der Waals surface area contributed by atoms with Gasteiger partial charge < -0.3 is 10.2 Å². The van der Waals surface area contributed by atoms with E-state index < -0.39 is 0 Å². The summed E-state index contributed by atoms with van der Waals surface area (Å²) in [4.78, 5) is 0. The molecule has 0 amide bonds. The number of aliphatic hydroxyl groups excluding tert-OH is 2. The summed E-state index contributed by atoms with van der Waals surface area (Å²) in [6.45, 7) is 5.18. The first-order chi connectivity index (χ1) is 13.9. The summed E-state index contributed by atoms with van der Waals surface area (Å²) >= 11 is 0. The monoisotopic (exact) mass is 400 g/mol. The zero-order valence-electron chi connectivity index (χ0n) is 18.9. The first-order valence-corrected chi connectivity index (χ1v) is 13.0. The Hall–Kier alpha value is -0.340. The zero-order valence-corrected chi connectivity index (χ0v) is 18.9. The number of aliphatic hydroxyl groups is 2. The summed E-state index contributed by atoms with van der Waals surface area (Å²) in [6.07, 6.45) is 20.0. The van der Waals surface area contributed by atoms with Crippen molar-refractivity contribution in [2.75, 3.05) is 0 Å². The second kappa shape index (κ2) is 7.66. The van der Waals surface area contributed by atoms with Gasteiger partial charge >= 0.3 is 0 Å². The molecule has 2 heteroatoms. The molecule has 6 unspecified atom stereocenters. The highest BCUT2D eigenvalue weighted by Gasteiger charge is 2.58. The number of fused-ring (bicyclic) bond motifs is 5. The van der Waals surface area contributed by atoms with Crippen molar-refractivity contribution in [1.29, 1.82) is 0 Å². The lowest BCUT2D eigenvalue weighted by atomic mass is 9.47. The number of hydrogen-bond acceptors (Lipinski definition) is 2. The molecule has 164 valence electrons. The maximum atomic E-state index is 10.4. The van der Waals surface area contributed by atoms with Crippen LogP contribution in [-0.2, 0) is 0 Å². The predicted octanol–water partition coefficient (Wildman–Crippen LogP) is 6.26. The predicted molar refractivity (Wildman–Crippen MR) is 118 cm³/mol. The molecule has 2 nitrogen and oxygen atoms in total. The number of hydrogen-bond donors (Lipinski definition) is 2. The van der Waals surface area contributed by atoms with Crippen LogP contribution in [0.2, 0.25) is 0 Å². The Balaban J connectivity index is 1.24. The summed E-state index contributed by atoms with van der Waals surface area (Å²) in [7, 11) is 0. The lowest BCUT2D eigenvalue weighted by Gasteiger charge is -2.58. The van der Waals surface area contributed by atoms with Crippen molar-refractivity contribution < 1.29 is 10.2 Å². The highest BCUT2D eigenvalue weighted by Crippen LogP contribution is 2.66. The fourth-order valence-corrected chi connectivity index (χ4v) is 8.86. The third-order valence-corrected chi connectivity index (χ3v) is 11.0. The Bertz CT molecular complexity index is 636. The van der Waals surface area contributed by atoms with E-state index in [0.717, 1.165) is 42.9 Å². The summed E-state index contributed by atoms with van der Waals surface area (Å²) in [5.74, 6) is 4.14. The highest BCUT2D eigenvalue weighted by molar-refractivity contribution is 5.25. The van der Waals surface area contributed by atoms with Gasteiger partial charge in [-0.3, -0.25) is 0 Å². The molecule has 4 fully saturated rings. The van der Waals surface area contributed by atoms with E-state index in [1.165, 1.54) is 70.6 Å². The van der Waals surface area contributed by atoms with E-state index in [4.69, 9.17) is 0 Å². The third-order valence-electron chi connectivity index (χ3n) is 11.0. The van der Waals surface area contributed by atoms with E-state index in [0.29, 0.717) is 16.7 Å². The van der Waals surface area contributed by atoms with Gasteiger partial charge in [0, 0.05) is 0 Å². The van der Waals surface area contributed by atoms with Crippen molar-refractivity contribution in [3.8, 4) is 0 Å². The molecule has 0 bridgehead atoms. The lowest BCUT2D eigenvalue weighted by molar-refractivity contribution is -0.0514. The van der Waals surface area contributed by atoms with Crippen LogP contribution in [0.4, 0.5) is 0 Å².